The maximum absolute atomic E-state index is 13.2. The maximum Gasteiger partial charge on any atom is 0.303 e. The van der Waals surface area contributed by atoms with Gasteiger partial charge in [-0.3, -0.25) is 76.7 Å². The molecule has 4 aromatic carbocycles. The summed E-state index contributed by atoms with van der Waals surface area (Å²) in [6.07, 6.45) is -32.3. The molecule has 9 heterocycles. The van der Waals surface area contributed by atoms with Crippen molar-refractivity contribution in [2.24, 2.45) is 0 Å². The Hall–Kier alpha value is -16.0. The molecule has 0 unspecified atom stereocenters. The molecule has 4 fully saturated rings. The Kier molecular flexibility index (Phi) is 34.1. The molecule has 0 spiro atoms. The summed E-state index contributed by atoms with van der Waals surface area (Å²) in [6.45, 7) is 14.9. The van der Waals surface area contributed by atoms with Gasteiger partial charge in [0.1, 0.15) is 73.8 Å². The van der Waals surface area contributed by atoms with Gasteiger partial charge in [0, 0.05) is 177 Å². The molecule has 144 heavy (non-hydrogen) atoms. The van der Waals surface area contributed by atoms with Crippen LogP contribution in [-0.2, 0) is 171 Å². The van der Waals surface area contributed by atoms with Crippen molar-refractivity contribution < 1.29 is 190 Å². The fourth-order valence-electron chi connectivity index (χ4n) is 17.1. The Morgan fingerprint density at radius 1 is 0.208 bits per heavy atom. The van der Waals surface area contributed by atoms with Gasteiger partial charge in [-0.2, -0.15) is 0 Å². The van der Waals surface area contributed by atoms with E-state index in [2.05, 4.69) is 19.9 Å². The number of ether oxygens (including phenoxy) is 24. The third kappa shape index (κ3) is 26.6. The second kappa shape index (κ2) is 46.6. The molecule has 44 nitrogen and oxygen atoms in total. The van der Waals surface area contributed by atoms with Crippen LogP contribution in [0.4, 0.5) is 0 Å². The highest BCUT2D eigenvalue weighted by Crippen LogP contribution is 2.40. The zero-order valence-corrected chi connectivity index (χ0v) is 80.6. The van der Waals surface area contributed by atoms with Crippen molar-refractivity contribution in [1.82, 2.24) is 19.9 Å². The molecule has 4 N–H and O–H groups in total. The summed E-state index contributed by atoms with van der Waals surface area (Å²) in [5.41, 5.74) is 4.26. The molecule has 764 valence electrons. The summed E-state index contributed by atoms with van der Waals surface area (Å²) >= 11 is 0. The first kappa shape index (κ1) is 105. The quantitative estimate of drug-likeness (QED) is 0.0340. The van der Waals surface area contributed by atoms with Crippen molar-refractivity contribution in [3.05, 3.63) is 212 Å². The molecule has 0 radical (unpaired) electrons. The Morgan fingerprint density at radius 2 is 0.382 bits per heavy atom. The normalized spacial score (nSPS) is 24.2. The highest BCUT2D eigenvalue weighted by atomic mass is 16.8. The Bertz CT molecular complexity index is 5740. The van der Waals surface area contributed by atoms with Crippen molar-refractivity contribution >= 4 is 118 Å². The van der Waals surface area contributed by atoms with Gasteiger partial charge in [0.2, 0.25) is 49.6 Å². The van der Waals surface area contributed by atoms with Gasteiger partial charge in [-0.1, -0.05) is 48.5 Å². The molecule has 8 bridgehead atoms. The molecule has 13 rings (SSSR count). The van der Waals surface area contributed by atoms with Crippen LogP contribution in [0.3, 0.4) is 0 Å². The minimum atomic E-state index is -1.74. The van der Waals surface area contributed by atoms with Crippen molar-refractivity contribution in [2.75, 3.05) is 26.4 Å². The van der Waals surface area contributed by atoms with Crippen LogP contribution in [0.5, 0.6) is 23.0 Å². The van der Waals surface area contributed by atoms with E-state index in [-0.39, 0.29) is 23.0 Å². The van der Waals surface area contributed by atoms with E-state index in [0.29, 0.717) is 88.7 Å². The number of H-pyrrole nitrogens is 4. The van der Waals surface area contributed by atoms with E-state index in [1.807, 2.05) is 0 Å². The molecule has 44 heteroatoms. The monoisotopic (exact) mass is 2000 g/mol. The average Bonchev–Trinajstić information content (AvgIpc) is 1.62. The lowest BCUT2D eigenvalue weighted by atomic mass is 9.98. The first-order valence-corrected chi connectivity index (χ1v) is 45.1. The van der Waals surface area contributed by atoms with Gasteiger partial charge in [0.05, 0.1) is 0 Å². The molecular formula is C100H104N4O40. The summed E-state index contributed by atoms with van der Waals surface area (Å²) in [6, 6.07) is 39.9. The first-order chi connectivity index (χ1) is 68.5. The van der Waals surface area contributed by atoms with E-state index in [4.69, 9.17) is 114 Å². The lowest BCUT2D eigenvalue weighted by Gasteiger charge is -2.43. The second-order valence-electron chi connectivity index (χ2n) is 33.5. The molecular weight excluding hydrogens is 1900 g/mol. The Morgan fingerprint density at radius 3 is 0.556 bits per heavy atom. The Labute approximate surface area is 819 Å². The van der Waals surface area contributed by atoms with Crippen molar-refractivity contribution in [3.8, 4) is 23.0 Å². The second-order valence-corrected chi connectivity index (χ2v) is 33.5. The third-order valence-corrected chi connectivity index (χ3v) is 22.2. The van der Waals surface area contributed by atoms with Gasteiger partial charge in [0.25, 0.3) is 0 Å². The number of aromatic amines is 4. The minimum absolute atomic E-state index is 0.00395. The van der Waals surface area contributed by atoms with Crippen LogP contribution in [0, 0.1) is 0 Å². The third-order valence-electron chi connectivity index (χ3n) is 22.2. The molecule has 4 aromatic heterocycles. The number of hydrogen-bond donors (Lipinski definition) is 4. The zero-order chi connectivity index (χ0) is 104. The predicted octanol–water partition coefficient (Wildman–Crippen LogP) is 4.15. The van der Waals surface area contributed by atoms with Crippen molar-refractivity contribution in [1.29, 1.82) is 0 Å². The fourth-order valence-corrected chi connectivity index (χ4v) is 17.1. The standard InChI is InChI=1S/C100H104N4O40/c1-45(105)121-41-77-85(125-49(5)109)89(129-53(9)113)93(133-57(13)117)97(141-77)137-65-25-17-21-61(37-65)81-69-29-31-71(101-69)82(62-22-18-26-66(38-62)138-98-94(134-58(14)118)90(130-54(10)114)86(126-50(6)110)78(142-98)42-122-46(2)106)73-33-35-75(103-73)84(64-24-20-28-68(40-64)140-100-96(136-60(16)120)92(132-56(12)116)88(128-52(8)112)80(144-100)44-124-48(4)108)76-36-34-74(104-76)83(72-32-30-70(81)102-72)63-23-19-27-67(39-63)139-99-95(135-59(15)119)91(131-55(11)115)87(127-51(7)111)79(143-99)43-123-47(3)107/h17-40,77-80,85-104H,41-44H2,1-16H3/t77-,78-,79-,80-,85-,86-,87-,88-,89+,90+,91+,92+,93-,94-,95-,96-,97-,98-,99-,100-/m1/s1. The number of hydrogen-bond acceptors (Lipinski definition) is 40. The van der Waals surface area contributed by atoms with Crippen LogP contribution in [0.15, 0.2) is 146 Å². The summed E-state index contributed by atoms with van der Waals surface area (Å²) in [5.74, 6) is -13.9. The van der Waals surface area contributed by atoms with Gasteiger partial charge in [-0.25, -0.2) is 0 Å². The van der Waals surface area contributed by atoms with E-state index in [1.54, 1.807) is 121 Å². The number of rotatable bonds is 32. The van der Waals surface area contributed by atoms with E-state index < -0.39 is 245 Å². The molecule has 5 aliphatic rings. The number of aromatic nitrogens is 4. The predicted molar refractivity (Wildman–Crippen MR) is 484 cm³/mol. The molecule has 4 saturated heterocycles. The van der Waals surface area contributed by atoms with Crippen molar-refractivity contribution in [2.45, 2.75) is 234 Å². The smallest absolute Gasteiger partial charge is 0.303 e. The highest BCUT2D eigenvalue weighted by Gasteiger charge is 2.58. The van der Waals surface area contributed by atoms with Gasteiger partial charge in [-0.15, -0.1) is 0 Å². The molecule has 20 atom stereocenters. The van der Waals surface area contributed by atoms with Crippen LogP contribution in [-0.4, -0.2) is 265 Å². The van der Waals surface area contributed by atoms with E-state index >= 15 is 0 Å². The molecule has 0 amide bonds. The SMILES string of the molecule is CC(=O)OC[C@H]1O[C@@H](Oc2cccc(C3=c4ccc([nH]4)=C(c4cccc(O[C@@H]5O[C@H](COC(C)=O)[C@@H](OC(C)=O)[C@H](OC(C)=O)[C@H]5OC(C)=O)c4)c4ccc([nH]4)C(c4cccc(O[C@@H]5O[C@H](COC(C)=O)[C@@H](OC(C)=O)[C@H](OC(C)=O)[C@H]5OC(C)=O)c4)=c4ccc([nH]4)=C(c4cccc(O[C@@H]5O[C@H](COC(C)=O)[C@@H](OC(C)=O)[C@H](OC(C)=O)[C@H]5OC(C)=O)c4)c4ccc3[nH]4)c2)[C@H](OC(C)=O)[C@@H](OC(C)=O)[C@@H]1OC(C)=O. The van der Waals surface area contributed by atoms with Gasteiger partial charge in [0.15, 0.2) is 48.8 Å². The number of carbonyl (C=O) groups excluding carboxylic acids is 16. The van der Waals surface area contributed by atoms with Gasteiger partial charge < -0.3 is 134 Å². The van der Waals surface area contributed by atoms with E-state index in [1.165, 1.54) is 24.3 Å². The van der Waals surface area contributed by atoms with Crippen LogP contribution in [0.1, 0.15) is 156 Å². The number of nitrogens with one attached hydrogen (secondary N) is 4. The fraction of sp³-hybridized carbons (Fsp3) is 0.400. The first-order valence-electron chi connectivity index (χ1n) is 45.1. The number of benzene rings is 4. The lowest BCUT2D eigenvalue weighted by molar-refractivity contribution is -0.288. The number of carbonyl (C=O) groups is 16. The molecule has 0 aliphatic carbocycles. The van der Waals surface area contributed by atoms with E-state index in [0.717, 1.165) is 111 Å². The highest BCUT2D eigenvalue weighted by molar-refractivity contribution is 5.86. The van der Waals surface area contributed by atoms with Crippen LogP contribution in [0.2, 0.25) is 0 Å². The number of fused-ring (bicyclic) bond motifs is 8. The van der Waals surface area contributed by atoms with Crippen LogP contribution in [0.25, 0.3) is 22.3 Å². The average molecular weight is 2000 g/mol. The topological polar surface area (TPSA) is 558 Å². The molecule has 5 aliphatic heterocycles. The summed E-state index contributed by atoms with van der Waals surface area (Å²) in [4.78, 5) is 221. The van der Waals surface area contributed by atoms with Crippen LogP contribution >= 0.6 is 0 Å². The maximum atomic E-state index is 13.2. The van der Waals surface area contributed by atoms with Gasteiger partial charge >= 0.3 is 95.5 Å². The minimum Gasteiger partial charge on any atom is -0.463 e. The Balaban J connectivity index is 1.06. The summed E-state index contributed by atoms with van der Waals surface area (Å²) < 4.78 is 143. The lowest BCUT2D eigenvalue weighted by Crippen LogP contribution is -2.63. The number of esters is 16. The van der Waals surface area contributed by atoms with E-state index in [9.17, 15) is 76.7 Å². The summed E-state index contributed by atoms with van der Waals surface area (Å²) in [7, 11) is 0. The zero-order valence-electron chi connectivity index (χ0n) is 80.6. The van der Waals surface area contributed by atoms with Gasteiger partial charge in [-0.05, 0) is 119 Å². The van der Waals surface area contributed by atoms with Crippen LogP contribution < -0.4 is 40.3 Å². The summed E-state index contributed by atoms with van der Waals surface area (Å²) in [5, 5.41) is 1.37. The largest absolute Gasteiger partial charge is 0.463 e. The molecule has 8 aromatic rings. The molecule has 0 saturated carbocycles. The van der Waals surface area contributed by atoms with Crippen molar-refractivity contribution in [3.63, 3.8) is 0 Å².